The van der Waals surface area contributed by atoms with Crippen LogP contribution in [0, 0.1) is 0 Å². The first kappa shape index (κ1) is 17.8. The van der Waals surface area contributed by atoms with Crippen LogP contribution in [-0.2, 0) is 16.0 Å². The fraction of sp³-hybridized carbons (Fsp3) is 0.312. The maximum Gasteiger partial charge on any atom is 0.429 e. The maximum absolute atomic E-state index is 12.0. The minimum absolute atomic E-state index is 0.0279. The number of benzene rings is 1. The van der Waals surface area contributed by atoms with Crippen LogP contribution in [0.1, 0.15) is 19.5 Å². The highest BCUT2D eigenvalue weighted by Crippen LogP contribution is 2.18. The number of aromatic nitrogens is 1. The van der Waals surface area contributed by atoms with Gasteiger partial charge in [-0.1, -0.05) is 23.7 Å². The van der Waals surface area contributed by atoms with Crippen LogP contribution in [-0.4, -0.2) is 35.4 Å². The van der Waals surface area contributed by atoms with Crippen molar-refractivity contribution in [2.75, 3.05) is 13.2 Å². The van der Waals surface area contributed by atoms with Crippen LogP contribution >= 0.6 is 11.6 Å². The number of carbonyl (C=O) groups is 2. The molecule has 0 unspecified atom stereocenters. The number of rotatable bonds is 4. The number of carbonyl (C=O) groups excluding carboxylic acids is 2. The van der Waals surface area contributed by atoms with Gasteiger partial charge in [0.25, 0.3) is 0 Å². The molecule has 0 aliphatic rings. The van der Waals surface area contributed by atoms with Gasteiger partial charge in [-0.05, 0) is 32.0 Å². The van der Waals surface area contributed by atoms with Gasteiger partial charge in [-0.25, -0.2) is 20.0 Å². The molecule has 1 aromatic heterocycles. The largest absolute Gasteiger partial charge is 0.449 e. The zero-order valence-electron chi connectivity index (χ0n) is 13.4. The first-order chi connectivity index (χ1) is 11.5. The van der Waals surface area contributed by atoms with Crippen molar-refractivity contribution in [2.24, 2.45) is 0 Å². The number of fused-ring (bicyclic) bond motifs is 1. The molecule has 1 N–H and O–H groups in total. The summed E-state index contributed by atoms with van der Waals surface area (Å²) in [4.78, 5) is 28.0. The van der Waals surface area contributed by atoms with Crippen LogP contribution < -0.4 is 5.43 Å². The second kappa shape index (κ2) is 8.35. The lowest BCUT2D eigenvalue weighted by atomic mass is 10.2. The molecule has 2 amide bonds. The third kappa shape index (κ3) is 4.73. The Balaban J connectivity index is 2.20. The molecule has 0 fully saturated rings. The number of hydrazine groups is 1. The lowest BCUT2D eigenvalue weighted by molar-refractivity contribution is 0.0707. The zero-order valence-corrected chi connectivity index (χ0v) is 14.2. The van der Waals surface area contributed by atoms with Crippen molar-refractivity contribution in [3.8, 4) is 0 Å². The molecule has 128 valence electrons. The normalized spacial score (nSPS) is 10.3. The Morgan fingerprint density at radius 2 is 1.88 bits per heavy atom. The summed E-state index contributed by atoms with van der Waals surface area (Å²) in [6.45, 7) is 3.75. The zero-order chi connectivity index (χ0) is 17.5. The number of amides is 2. The molecule has 8 heteroatoms. The van der Waals surface area contributed by atoms with Crippen molar-refractivity contribution in [1.82, 2.24) is 15.4 Å². The minimum atomic E-state index is -0.741. The monoisotopic (exact) mass is 351 g/mol. The predicted molar refractivity (Wildman–Crippen MR) is 89.5 cm³/mol. The fourth-order valence-corrected chi connectivity index (χ4v) is 2.17. The van der Waals surface area contributed by atoms with Crippen LogP contribution in [0.3, 0.4) is 0 Å². The van der Waals surface area contributed by atoms with E-state index in [9.17, 15) is 9.59 Å². The van der Waals surface area contributed by atoms with Gasteiger partial charge in [-0.2, -0.15) is 0 Å². The lowest BCUT2D eigenvalue weighted by Crippen LogP contribution is -2.46. The number of pyridine rings is 1. The molecule has 2 rings (SSSR count). The van der Waals surface area contributed by atoms with Crippen LogP contribution in [0.2, 0.25) is 5.02 Å². The molecule has 0 bridgehead atoms. The Bertz CT molecular complexity index is 738. The summed E-state index contributed by atoms with van der Waals surface area (Å²) < 4.78 is 9.72. The Morgan fingerprint density at radius 1 is 1.17 bits per heavy atom. The molecule has 7 nitrogen and oxygen atoms in total. The van der Waals surface area contributed by atoms with Crippen molar-refractivity contribution in [1.29, 1.82) is 0 Å². The highest BCUT2D eigenvalue weighted by molar-refractivity contribution is 6.31. The summed E-state index contributed by atoms with van der Waals surface area (Å²) in [5.74, 6) is 0. The Kier molecular flexibility index (Phi) is 6.20. The van der Waals surface area contributed by atoms with Crippen LogP contribution in [0.25, 0.3) is 10.9 Å². The average Bonchev–Trinajstić information content (AvgIpc) is 2.54. The SMILES string of the molecule is CCOC(=O)NN(Cc1ccc2ccc(Cl)cc2n1)C(=O)OCC. The van der Waals surface area contributed by atoms with E-state index in [1.165, 1.54) is 0 Å². The van der Waals surface area contributed by atoms with E-state index in [-0.39, 0.29) is 19.8 Å². The van der Waals surface area contributed by atoms with Crippen molar-refractivity contribution < 1.29 is 19.1 Å². The molecular weight excluding hydrogens is 334 g/mol. The van der Waals surface area contributed by atoms with E-state index in [1.807, 2.05) is 12.1 Å². The molecule has 0 saturated carbocycles. The van der Waals surface area contributed by atoms with E-state index < -0.39 is 12.2 Å². The molecule has 1 aromatic carbocycles. The first-order valence-electron chi connectivity index (χ1n) is 7.46. The van der Waals surface area contributed by atoms with Crippen molar-refractivity contribution in [2.45, 2.75) is 20.4 Å². The van der Waals surface area contributed by atoms with E-state index in [2.05, 4.69) is 10.4 Å². The van der Waals surface area contributed by atoms with Gasteiger partial charge in [-0.3, -0.25) is 4.98 Å². The molecule has 0 radical (unpaired) electrons. The summed E-state index contributed by atoms with van der Waals surface area (Å²) in [5, 5.41) is 2.50. The van der Waals surface area contributed by atoms with Gasteiger partial charge >= 0.3 is 12.2 Å². The minimum Gasteiger partial charge on any atom is -0.449 e. The Morgan fingerprint density at radius 3 is 2.58 bits per heavy atom. The van der Waals surface area contributed by atoms with Crippen LogP contribution in [0.15, 0.2) is 30.3 Å². The molecule has 0 saturated heterocycles. The standard InChI is InChI=1S/C16H18ClN3O4/c1-3-23-15(21)19-20(16(22)24-4-2)10-13-8-6-11-5-7-12(17)9-14(11)18-13/h5-9H,3-4,10H2,1-2H3,(H,19,21). The molecule has 0 aliphatic heterocycles. The van der Waals surface area contributed by atoms with Gasteiger partial charge in [0.05, 0.1) is 31.0 Å². The predicted octanol–water partition coefficient (Wildman–Crippen LogP) is 3.51. The lowest BCUT2D eigenvalue weighted by Gasteiger charge is -2.21. The smallest absolute Gasteiger partial charge is 0.429 e. The molecule has 2 aromatic rings. The highest BCUT2D eigenvalue weighted by Gasteiger charge is 2.19. The van der Waals surface area contributed by atoms with Gasteiger partial charge in [-0.15, -0.1) is 0 Å². The summed E-state index contributed by atoms with van der Waals surface area (Å²) in [6, 6.07) is 8.98. The first-order valence-corrected chi connectivity index (χ1v) is 7.84. The number of nitrogens with zero attached hydrogens (tertiary/aromatic N) is 2. The molecule has 24 heavy (non-hydrogen) atoms. The van der Waals surface area contributed by atoms with Crippen LogP contribution in [0.4, 0.5) is 9.59 Å². The van der Waals surface area contributed by atoms with E-state index in [0.29, 0.717) is 16.2 Å². The number of ether oxygens (including phenoxy) is 2. The van der Waals surface area contributed by atoms with Gasteiger partial charge in [0.15, 0.2) is 0 Å². The topological polar surface area (TPSA) is 80.8 Å². The molecule has 0 atom stereocenters. The van der Waals surface area contributed by atoms with Crippen molar-refractivity contribution in [3.63, 3.8) is 0 Å². The summed E-state index contributed by atoms with van der Waals surface area (Å²) in [5.41, 5.74) is 3.60. The van der Waals surface area contributed by atoms with E-state index in [1.54, 1.807) is 32.0 Å². The van der Waals surface area contributed by atoms with E-state index in [4.69, 9.17) is 21.1 Å². The summed E-state index contributed by atoms with van der Waals surface area (Å²) in [6.07, 6.45) is -1.44. The van der Waals surface area contributed by atoms with Crippen LogP contribution in [0.5, 0.6) is 0 Å². The molecule has 1 heterocycles. The number of halogens is 1. The van der Waals surface area contributed by atoms with Gasteiger partial charge in [0, 0.05) is 10.4 Å². The summed E-state index contributed by atoms with van der Waals surface area (Å²) >= 11 is 5.97. The maximum atomic E-state index is 12.0. The Labute approximate surface area is 144 Å². The third-order valence-corrected chi connectivity index (χ3v) is 3.26. The molecule has 0 aliphatic carbocycles. The van der Waals surface area contributed by atoms with Gasteiger partial charge < -0.3 is 9.47 Å². The number of hydrogen-bond donors (Lipinski definition) is 1. The molecular formula is C16H18ClN3O4. The second-order valence-corrected chi connectivity index (χ2v) is 5.19. The second-order valence-electron chi connectivity index (χ2n) is 4.76. The third-order valence-electron chi connectivity index (χ3n) is 3.02. The average molecular weight is 352 g/mol. The summed E-state index contributed by atoms with van der Waals surface area (Å²) in [7, 11) is 0. The Hall–Kier alpha value is -2.54. The van der Waals surface area contributed by atoms with E-state index >= 15 is 0 Å². The van der Waals surface area contributed by atoms with Gasteiger partial charge in [0.1, 0.15) is 0 Å². The van der Waals surface area contributed by atoms with Crippen molar-refractivity contribution >= 4 is 34.7 Å². The molecule has 0 spiro atoms. The van der Waals surface area contributed by atoms with E-state index in [0.717, 1.165) is 10.4 Å². The quantitative estimate of drug-likeness (QED) is 0.852. The van der Waals surface area contributed by atoms with Gasteiger partial charge in [0.2, 0.25) is 0 Å². The number of hydrogen-bond acceptors (Lipinski definition) is 5. The highest BCUT2D eigenvalue weighted by atomic mass is 35.5. The number of nitrogens with one attached hydrogen (secondary N) is 1. The van der Waals surface area contributed by atoms with Crippen molar-refractivity contribution in [3.05, 3.63) is 41.0 Å². The fourth-order valence-electron chi connectivity index (χ4n) is 2.01.